The van der Waals surface area contributed by atoms with Crippen LogP contribution >= 0.6 is 11.6 Å². The molecule has 4 nitrogen and oxygen atoms in total. The Bertz CT molecular complexity index is 713. The molecule has 0 saturated carbocycles. The van der Waals surface area contributed by atoms with Gasteiger partial charge in [-0.25, -0.2) is 0 Å². The molecule has 23 heavy (non-hydrogen) atoms. The number of hydrogen-bond acceptors (Lipinski definition) is 4. The van der Waals surface area contributed by atoms with Crippen LogP contribution in [-0.4, -0.2) is 18.5 Å². The molecule has 0 saturated heterocycles. The van der Waals surface area contributed by atoms with Crippen molar-refractivity contribution in [3.63, 3.8) is 0 Å². The van der Waals surface area contributed by atoms with E-state index in [0.717, 1.165) is 16.7 Å². The SMILES string of the molecule is C=CCc1cc(/C=N\O)cc(OC)c1OCc1cccc(Cl)c1. The van der Waals surface area contributed by atoms with E-state index < -0.39 is 0 Å². The van der Waals surface area contributed by atoms with Crippen LogP contribution in [0.15, 0.2) is 54.2 Å². The average Bonchev–Trinajstić information content (AvgIpc) is 2.54. The van der Waals surface area contributed by atoms with E-state index in [4.69, 9.17) is 26.3 Å². The highest BCUT2D eigenvalue weighted by Gasteiger charge is 2.12. The van der Waals surface area contributed by atoms with Gasteiger partial charge in [-0.1, -0.05) is 35.0 Å². The van der Waals surface area contributed by atoms with E-state index in [0.29, 0.717) is 29.5 Å². The molecule has 0 fully saturated rings. The summed E-state index contributed by atoms with van der Waals surface area (Å²) >= 11 is 5.99. The van der Waals surface area contributed by atoms with Gasteiger partial charge in [-0.05, 0) is 36.2 Å². The second-order valence-electron chi connectivity index (χ2n) is 4.87. The van der Waals surface area contributed by atoms with Crippen molar-refractivity contribution in [3.8, 4) is 11.5 Å². The second-order valence-corrected chi connectivity index (χ2v) is 5.30. The fourth-order valence-corrected chi connectivity index (χ4v) is 2.44. The van der Waals surface area contributed by atoms with Crippen molar-refractivity contribution in [2.45, 2.75) is 13.0 Å². The van der Waals surface area contributed by atoms with E-state index in [2.05, 4.69) is 11.7 Å². The zero-order chi connectivity index (χ0) is 16.7. The van der Waals surface area contributed by atoms with Crippen molar-refractivity contribution in [1.29, 1.82) is 0 Å². The van der Waals surface area contributed by atoms with Crippen LogP contribution in [0.5, 0.6) is 11.5 Å². The average molecular weight is 332 g/mol. The molecule has 120 valence electrons. The van der Waals surface area contributed by atoms with Gasteiger partial charge < -0.3 is 14.7 Å². The molecule has 0 amide bonds. The predicted octanol–water partition coefficient (Wildman–Crippen LogP) is 4.46. The Morgan fingerprint density at radius 1 is 1.30 bits per heavy atom. The lowest BCUT2D eigenvalue weighted by Gasteiger charge is -2.15. The largest absolute Gasteiger partial charge is 0.493 e. The third kappa shape index (κ3) is 4.50. The highest BCUT2D eigenvalue weighted by molar-refractivity contribution is 6.30. The molecule has 0 aliphatic heterocycles. The number of methoxy groups -OCH3 is 1. The Hall–Kier alpha value is -2.46. The summed E-state index contributed by atoms with van der Waals surface area (Å²) in [5, 5.41) is 12.4. The van der Waals surface area contributed by atoms with Crippen LogP contribution in [0.25, 0.3) is 0 Å². The van der Waals surface area contributed by atoms with Crippen molar-refractivity contribution >= 4 is 17.8 Å². The van der Waals surface area contributed by atoms with Gasteiger partial charge in [0.05, 0.1) is 13.3 Å². The maximum absolute atomic E-state index is 8.72. The lowest BCUT2D eigenvalue weighted by atomic mass is 10.1. The summed E-state index contributed by atoms with van der Waals surface area (Å²) in [5.41, 5.74) is 2.58. The Morgan fingerprint density at radius 2 is 2.13 bits per heavy atom. The monoisotopic (exact) mass is 331 g/mol. The fourth-order valence-electron chi connectivity index (χ4n) is 2.23. The minimum atomic E-state index is 0.370. The molecule has 2 aromatic carbocycles. The van der Waals surface area contributed by atoms with Gasteiger partial charge >= 0.3 is 0 Å². The molecular formula is C18H18ClNO3. The first-order valence-corrected chi connectivity index (χ1v) is 7.42. The third-order valence-corrected chi connectivity index (χ3v) is 3.45. The van der Waals surface area contributed by atoms with Gasteiger partial charge in [0, 0.05) is 16.1 Å². The van der Waals surface area contributed by atoms with Crippen LogP contribution in [-0.2, 0) is 13.0 Å². The molecule has 0 spiro atoms. The number of oxime groups is 1. The van der Waals surface area contributed by atoms with E-state index in [-0.39, 0.29) is 0 Å². The molecule has 2 aromatic rings. The fraction of sp³-hybridized carbons (Fsp3) is 0.167. The van der Waals surface area contributed by atoms with Crippen LogP contribution in [0.1, 0.15) is 16.7 Å². The summed E-state index contributed by atoms with van der Waals surface area (Å²) in [5.74, 6) is 1.21. The molecule has 2 rings (SSSR count). The third-order valence-electron chi connectivity index (χ3n) is 3.22. The Kier molecular flexibility index (Phi) is 6.06. The summed E-state index contributed by atoms with van der Waals surface area (Å²) in [7, 11) is 1.57. The zero-order valence-electron chi connectivity index (χ0n) is 12.8. The highest BCUT2D eigenvalue weighted by Crippen LogP contribution is 2.34. The number of nitrogens with zero attached hydrogens (tertiary/aromatic N) is 1. The second kappa shape index (κ2) is 8.25. The van der Waals surface area contributed by atoms with Crippen LogP contribution in [0, 0.1) is 0 Å². The summed E-state index contributed by atoms with van der Waals surface area (Å²) in [6.07, 6.45) is 3.73. The number of hydrogen-bond donors (Lipinski definition) is 1. The van der Waals surface area contributed by atoms with Crippen molar-refractivity contribution in [2.75, 3.05) is 7.11 Å². The molecule has 0 aromatic heterocycles. The molecule has 5 heteroatoms. The van der Waals surface area contributed by atoms with Crippen molar-refractivity contribution in [2.24, 2.45) is 5.16 Å². The van der Waals surface area contributed by atoms with Crippen LogP contribution in [0.4, 0.5) is 0 Å². The van der Waals surface area contributed by atoms with Crippen LogP contribution in [0.3, 0.4) is 0 Å². The number of benzene rings is 2. The van der Waals surface area contributed by atoms with E-state index in [1.165, 1.54) is 6.21 Å². The van der Waals surface area contributed by atoms with Crippen molar-refractivity contribution in [3.05, 3.63) is 70.8 Å². The van der Waals surface area contributed by atoms with Crippen LogP contribution in [0.2, 0.25) is 5.02 Å². The van der Waals surface area contributed by atoms with Crippen LogP contribution < -0.4 is 9.47 Å². The highest BCUT2D eigenvalue weighted by atomic mass is 35.5. The first-order chi connectivity index (χ1) is 11.2. The summed E-state index contributed by atoms with van der Waals surface area (Å²) < 4.78 is 11.4. The number of allylic oxidation sites excluding steroid dienone is 1. The summed E-state index contributed by atoms with van der Waals surface area (Å²) in [6.45, 7) is 4.13. The Balaban J connectivity index is 2.32. The molecule has 0 unspecified atom stereocenters. The van der Waals surface area contributed by atoms with Gasteiger partial charge in [-0.15, -0.1) is 6.58 Å². The molecule has 0 aliphatic rings. The van der Waals surface area contributed by atoms with Gasteiger partial charge in [0.25, 0.3) is 0 Å². The van der Waals surface area contributed by atoms with Gasteiger partial charge in [0.2, 0.25) is 0 Å². The maximum Gasteiger partial charge on any atom is 0.165 e. The smallest absolute Gasteiger partial charge is 0.165 e. The molecule has 0 bridgehead atoms. The van der Waals surface area contributed by atoms with Gasteiger partial charge in [-0.3, -0.25) is 0 Å². The normalized spacial score (nSPS) is 10.7. The summed E-state index contributed by atoms with van der Waals surface area (Å²) in [6, 6.07) is 11.1. The molecule has 0 aliphatic carbocycles. The first-order valence-electron chi connectivity index (χ1n) is 7.04. The minimum Gasteiger partial charge on any atom is -0.493 e. The number of ether oxygens (including phenoxy) is 2. The van der Waals surface area contributed by atoms with Gasteiger partial charge in [-0.2, -0.15) is 0 Å². The minimum absolute atomic E-state index is 0.370. The van der Waals surface area contributed by atoms with E-state index in [1.54, 1.807) is 19.3 Å². The number of halogens is 1. The Labute approximate surface area is 140 Å². The first kappa shape index (κ1) is 16.9. The molecule has 0 heterocycles. The lowest BCUT2D eigenvalue weighted by molar-refractivity contribution is 0.282. The maximum atomic E-state index is 8.72. The standard InChI is InChI=1S/C18H18ClNO3/c1-3-5-15-8-14(11-20-21)10-17(22-2)18(15)23-12-13-6-4-7-16(19)9-13/h3-4,6-11,21H,1,5,12H2,2H3/b20-11-. The predicted molar refractivity (Wildman–Crippen MR) is 92.1 cm³/mol. The van der Waals surface area contributed by atoms with Gasteiger partial charge in [0.1, 0.15) is 6.61 Å². The van der Waals surface area contributed by atoms with Crippen molar-refractivity contribution < 1.29 is 14.7 Å². The van der Waals surface area contributed by atoms with E-state index in [9.17, 15) is 0 Å². The molecule has 0 radical (unpaired) electrons. The summed E-state index contributed by atoms with van der Waals surface area (Å²) in [4.78, 5) is 0. The Morgan fingerprint density at radius 3 is 2.78 bits per heavy atom. The zero-order valence-corrected chi connectivity index (χ0v) is 13.6. The topological polar surface area (TPSA) is 51.1 Å². The van der Waals surface area contributed by atoms with E-state index in [1.807, 2.05) is 30.3 Å². The lowest BCUT2D eigenvalue weighted by Crippen LogP contribution is -2.02. The quantitative estimate of drug-likeness (QED) is 0.352. The van der Waals surface area contributed by atoms with E-state index >= 15 is 0 Å². The van der Waals surface area contributed by atoms with Crippen molar-refractivity contribution in [1.82, 2.24) is 0 Å². The number of rotatable bonds is 7. The van der Waals surface area contributed by atoms with Gasteiger partial charge in [0.15, 0.2) is 11.5 Å². The molecule has 0 atom stereocenters. The molecular weight excluding hydrogens is 314 g/mol. The molecule has 1 N–H and O–H groups in total.